The van der Waals surface area contributed by atoms with Gasteiger partial charge >= 0.3 is 5.63 Å². The van der Waals surface area contributed by atoms with Crippen LogP contribution in [0.2, 0.25) is 0 Å². The number of carbonyl (C=O) groups excluding carboxylic acids is 1. The third-order valence-corrected chi connectivity index (χ3v) is 2.72. The Morgan fingerprint density at radius 3 is 2.58 bits per heavy atom. The zero-order valence-electron chi connectivity index (χ0n) is 11.1. The van der Waals surface area contributed by atoms with E-state index in [1.54, 1.807) is 13.0 Å². The summed E-state index contributed by atoms with van der Waals surface area (Å²) in [7, 11) is 0. The molecule has 4 nitrogen and oxygen atoms in total. The maximum atomic E-state index is 11.7. The summed E-state index contributed by atoms with van der Waals surface area (Å²) >= 11 is 0. The molecule has 0 fully saturated rings. The van der Waals surface area contributed by atoms with Crippen molar-refractivity contribution in [3.05, 3.63) is 57.6 Å². The molecule has 0 spiro atoms. The van der Waals surface area contributed by atoms with E-state index in [4.69, 9.17) is 4.42 Å². The minimum Gasteiger partial charge on any atom is -0.428 e. The van der Waals surface area contributed by atoms with E-state index in [0.717, 1.165) is 11.3 Å². The fourth-order valence-corrected chi connectivity index (χ4v) is 1.92. The molecule has 0 aliphatic carbocycles. The Morgan fingerprint density at radius 2 is 1.95 bits per heavy atom. The van der Waals surface area contributed by atoms with E-state index in [0.29, 0.717) is 11.4 Å². The molecule has 98 valence electrons. The molecule has 1 aromatic heterocycles. The van der Waals surface area contributed by atoms with Crippen molar-refractivity contribution < 1.29 is 9.21 Å². The van der Waals surface area contributed by atoms with Crippen LogP contribution in [0.1, 0.15) is 28.6 Å². The van der Waals surface area contributed by atoms with Crippen LogP contribution in [0.3, 0.4) is 0 Å². The smallest absolute Gasteiger partial charge is 0.348 e. The zero-order valence-corrected chi connectivity index (χ0v) is 11.1. The summed E-state index contributed by atoms with van der Waals surface area (Å²) in [5, 5.41) is 3.10. The van der Waals surface area contributed by atoms with Crippen LogP contribution in [0, 0.1) is 13.8 Å². The van der Waals surface area contributed by atoms with E-state index in [1.807, 2.05) is 31.2 Å². The molecule has 0 aliphatic heterocycles. The molecule has 1 aromatic carbocycles. The predicted octanol–water partition coefficient (Wildman–Crippen LogP) is 3.20. The second-order valence-electron chi connectivity index (χ2n) is 4.48. The number of hydrogen-bond donors (Lipinski definition) is 1. The number of aryl methyl sites for hydroxylation is 2. The fourth-order valence-electron chi connectivity index (χ4n) is 1.92. The van der Waals surface area contributed by atoms with Gasteiger partial charge in [-0.25, -0.2) is 4.79 Å². The van der Waals surface area contributed by atoms with Crippen LogP contribution in [0.25, 0.3) is 0 Å². The minimum atomic E-state index is -0.609. The number of nitrogens with one attached hydrogen (secondary N) is 1. The number of hydrogen-bond acceptors (Lipinski definition) is 4. The van der Waals surface area contributed by atoms with E-state index in [2.05, 4.69) is 5.32 Å². The van der Waals surface area contributed by atoms with E-state index in [1.165, 1.54) is 6.92 Å². The first kappa shape index (κ1) is 13.1. The summed E-state index contributed by atoms with van der Waals surface area (Å²) in [6.45, 7) is 5.00. The highest BCUT2D eigenvalue weighted by atomic mass is 16.4. The number of Topliss-reactive ketones (excluding diaryl/α,β-unsaturated/α-hetero) is 1. The van der Waals surface area contributed by atoms with Crippen molar-refractivity contribution in [2.45, 2.75) is 20.8 Å². The summed E-state index contributed by atoms with van der Waals surface area (Å²) in [4.78, 5) is 23.3. The zero-order chi connectivity index (χ0) is 14.0. The Kier molecular flexibility index (Phi) is 3.51. The molecule has 1 heterocycles. The van der Waals surface area contributed by atoms with Crippen LogP contribution < -0.4 is 10.9 Å². The first-order valence-corrected chi connectivity index (χ1v) is 5.97. The van der Waals surface area contributed by atoms with Crippen molar-refractivity contribution in [3.63, 3.8) is 0 Å². The molecule has 0 saturated carbocycles. The van der Waals surface area contributed by atoms with Gasteiger partial charge in [0.1, 0.15) is 11.3 Å². The van der Waals surface area contributed by atoms with Gasteiger partial charge in [-0.05, 0) is 38.5 Å². The lowest BCUT2D eigenvalue weighted by Crippen LogP contribution is -2.15. The second-order valence-corrected chi connectivity index (χ2v) is 4.48. The normalized spacial score (nSPS) is 10.3. The highest BCUT2D eigenvalue weighted by Gasteiger charge is 2.15. The molecule has 2 aromatic rings. The summed E-state index contributed by atoms with van der Waals surface area (Å²) in [5.41, 5.74) is 1.84. The third-order valence-electron chi connectivity index (χ3n) is 2.72. The van der Waals surface area contributed by atoms with E-state index in [9.17, 15) is 9.59 Å². The lowest BCUT2D eigenvalue weighted by Gasteiger charge is -2.10. The molecule has 0 amide bonds. The minimum absolute atomic E-state index is 0.0482. The maximum absolute atomic E-state index is 11.7. The number of benzene rings is 1. The van der Waals surface area contributed by atoms with Crippen LogP contribution >= 0.6 is 0 Å². The van der Waals surface area contributed by atoms with Crippen molar-refractivity contribution in [1.82, 2.24) is 0 Å². The summed E-state index contributed by atoms with van der Waals surface area (Å²) in [6, 6.07) is 9.35. The largest absolute Gasteiger partial charge is 0.428 e. The molecular weight excluding hydrogens is 242 g/mol. The average Bonchev–Trinajstić information content (AvgIpc) is 2.26. The highest BCUT2D eigenvalue weighted by molar-refractivity contribution is 5.99. The SMILES string of the molecule is CC(=O)c1c(Nc2cccc(C)c2)cc(C)oc1=O. The van der Waals surface area contributed by atoms with Crippen molar-refractivity contribution >= 4 is 17.2 Å². The first-order chi connectivity index (χ1) is 8.97. The molecule has 4 heteroatoms. The van der Waals surface area contributed by atoms with Crippen LogP contribution in [0.5, 0.6) is 0 Å². The van der Waals surface area contributed by atoms with Gasteiger partial charge in [0, 0.05) is 11.8 Å². The summed E-state index contributed by atoms with van der Waals surface area (Å²) < 4.78 is 4.96. The molecule has 1 N–H and O–H groups in total. The van der Waals surface area contributed by atoms with Crippen LogP contribution in [0.15, 0.2) is 39.5 Å². The average molecular weight is 257 g/mol. The fraction of sp³-hybridized carbons (Fsp3) is 0.200. The van der Waals surface area contributed by atoms with E-state index >= 15 is 0 Å². The number of anilines is 2. The number of carbonyl (C=O) groups is 1. The van der Waals surface area contributed by atoms with Gasteiger partial charge < -0.3 is 9.73 Å². The Bertz CT molecular complexity index is 686. The topological polar surface area (TPSA) is 59.3 Å². The van der Waals surface area contributed by atoms with Crippen LogP contribution in [0.4, 0.5) is 11.4 Å². The number of ketones is 1. The summed E-state index contributed by atoms with van der Waals surface area (Å²) in [5.74, 6) is 0.147. The van der Waals surface area contributed by atoms with E-state index < -0.39 is 5.63 Å². The van der Waals surface area contributed by atoms with Crippen LogP contribution in [-0.4, -0.2) is 5.78 Å². The lowest BCUT2D eigenvalue weighted by atomic mass is 10.1. The Balaban J connectivity index is 2.50. The molecule has 2 rings (SSSR count). The molecule has 0 unspecified atom stereocenters. The van der Waals surface area contributed by atoms with Gasteiger partial charge in [-0.15, -0.1) is 0 Å². The van der Waals surface area contributed by atoms with Crippen molar-refractivity contribution in [2.75, 3.05) is 5.32 Å². The molecule has 0 saturated heterocycles. The molecule has 0 radical (unpaired) electrons. The van der Waals surface area contributed by atoms with Gasteiger partial charge in [0.2, 0.25) is 0 Å². The van der Waals surface area contributed by atoms with Crippen molar-refractivity contribution in [1.29, 1.82) is 0 Å². The van der Waals surface area contributed by atoms with Gasteiger partial charge in [-0.2, -0.15) is 0 Å². The maximum Gasteiger partial charge on any atom is 0.348 e. The number of rotatable bonds is 3. The van der Waals surface area contributed by atoms with E-state index in [-0.39, 0.29) is 11.3 Å². The quantitative estimate of drug-likeness (QED) is 0.858. The molecular formula is C15H15NO3. The Morgan fingerprint density at radius 1 is 1.21 bits per heavy atom. The Hall–Kier alpha value is -2.36. The second kappa shape index (κ2) is 5.10. The standard InChI is InChI=1S/C15H15NO3/c1-9-5-4-6-12(7-9)16-13-8-10(2)19-15(18)14(13)11(3)17/h4-8,16H,1-3H3. The predicted molar refractivity (Wildman–Crippen MR) is 74.2 cm³/mol. The van der Waals surface area contributed by atoms with Gasteiger partial charge in [0.15, 0.2) is 5.78 Å². The van der Waals surface area contributed by atoms with Gasteiger partial charge in [-0.3, -0.25) is 4.79 Å². The monoisotopic (exact) mass is 257 g/mol. The molecule has 0 aliphatic rings. The molecule has 0 atom stereocenters. The van der Waals surface area contributed by atoms with Crippen molar-refractivity contribution in [2.24, 2.45) is 0 Å². The van der Waals surface area contributed by atoms with Gasteiger partial charge in [-0.1, -0.05) is 12.1 Å². The van der Waals surface area contributed by atoms with Crippen molar-refractivity contribution in [3.8, 4) is 0 Å². The highest BCUT2D eigenvalue weighted by Crippen LogP contribution is 2.21. The third kappa shape index (κ3) is 2.91. The summed E-state index contributed by atoms with van der Waals surface area (Å²) in [6.07, 6.45) is 0. The van der Waals surface area contributed by atoms with Gasteiger partial charge in [0.25, 0.3) is 0 Å². The first-order valence-electron chi connectivity index (χ1n) is 5.97. The Labute approximate surface area is 111 Å². The molecule has 0 bridgehead atoms. The van der Waals surface area contributed by atoms with Gasteiger partial charge in [0.05, 0.1) is 5.69 Å². The van der Waals surface area contributed by atoms with Crippen LogP contribution in [-0.2, 0) is 0 Å². The molecule has 19 heavy (non-hydrogen) atoms. The lowest BCUT2D eigenvalue weighted by molar-refractivity contribution is 0.101.